The van der Waals surface area contributed by atoms with Crippen molar-refractivity contribution in [2.24, 2.45) is 0 Å². The number of rotatable bonds is 29. The number of esters is 2. The third-order valence-corrected chi connectivity index (χ3v) is 15.3. The molecule has 16 heteroatoms. The molecule has 0 N–H and O–H groups in total. The Hall–Kier alpha value is -6.26. The van der Waals surface area contributed by atoms with E-state index >= 15 is 0 Å². The first-order chi connectivity index (χ1) is 35.7. The van der Waals surface area contributed by atoms with Gasteiger partial charge >= 0.3 is 11.9 Å². The minimum atomic E-state index is -0.194. The second-order valence-corrected chi connectivity index (χ2v) is 19.7. The van der Waals surface area contributed by atoms with Gasteiger partial charge in [0, 0.05) is 62.5 Å². The third-order valence-electron chi connectivity index (χ3n) is 15.3. The van der Waals surface area contributed by atoms with E-state index in [1.165, 1.54) is 22.3 Å². The van der Waals surface area contributed by atoms with Gasteiger partial charge in [-0.1, -0.05) is 12.8 Å². The lowest BCUT2D eigenvalue weighted by molar-refractivity contribution is -0.941. The monoisotopic (exact) mass is 1030 g/mol. The number of nitrogens with zero attached hydrogens (tertiary/aromatic N) is 2. The molecule has 6 rings (SSSR count). The van der Waals surface area contributed by atoms with Crippen LogP contribution in [0.5, 0.6) is 57.5 Å². The molecule has 0 fully saturated rings. The zero-order valence-electron chi connectivity index (χ0n) is 46.1. The minimum absolute atomic E-state index is 0.0642. The Labute approximate surface area is 439 Å². The predicted octanol–water partition coefficient (Wildman–Crippen LogP) is 9.25. The van der Waals surface area contributed by atoms with Crippen molar-refractivity contribution < 1.29 is 75.4 Å². The number of likely N-dealkylation sites (N-methyl/N-ethyl adjacent to an activating group) is 2. The second-order valence-electron chi connectivity index (χ2n) is 19.7. The van der Waals surface area contributed by atoms with Crippen molar-refractivity contribution in [3.05, 3.63) is 81.9 Å². The van der Waals surface area contributed by atoms with Crippen LogP contribution in [0.4, 0.5) is 0 Å². The highest BCUT2D eigenvalue weighted by Crippen LogP contribution is 2.47. The van der Waals surface area contributed by atoms with Crippen LogP contribution in [0.3, 0.4) is 0 Å². The Morgan fingerprint density at radius 3 is 1.05 bits per heavy atom. The van der Waals surface area contributed by atoms with E-state index in [1.807, 2.05) is 24.3 Å². The molecule has 0 saturated carbocycles. The summed E-state index contributed by atoms with van der Waals surface area (Å²) in [5, 5.41) is 0. The fourth-order valence-corrected chi connectivity index (χ4v) is 11.1. The van der Waals surface area contributed by atoms with Gasteiger partial charge in [-0.2, -0.15) is 0 Å². The number of unbranched alkanes of at least 4 members (excludes halogenated alkanes) is 3. The molecular weight excluding hydrogens is 949 g/mol. The summed E-state index contributed by atoms with van der Waals surface area (Å²) in [7, 11) is 20.9. The second kappa shape index (κ2) is 26.8. The molecule has 0 amide bonds. The van der Waals surface area contributed by atoms with Crippen LogP contribution in [-0.2, 0) is 44.7 Å². The molecule has 0 radical (unpaired) electrons. The summed E-state index contributed by atoms with van der Waals surface area (Å²) in [6.07, 6.45) is 8.34. The minimum Gasteiger partial charge on any atom is -0.493 e. The average molecular weight is 1030 g/mol. The van der Waals surface area contributed by atoms with E-state index in [4.69, 9.17) is 56.8 Å². The molecule has 406 valence electrons. The van der Waals surface area contributed by atoms with E-state index < -0.39 is 0 Å². The van der Waals surface area contributed by atoms with Crippen molar-refractivity contribution in [3.8, 4) is 57.5 Å². The van der Waals surface area contributed by atoms with Gasteiger partial charge < -0.3 is 65.8 Å². The highest BCUT2D eigenvalue weighted by molar-refractivity contribution is 5.69. The van der Waals surface area contributed by atoms with E-state index in [0.29, 0.717) is 122 Å². The summed E-state index contributed by atoms with van der Waals surface area (Å²) < 4.78 is 70.0. The van der Waals surface area contributed by atoms with Gasteiger partial charge in [0.05, 0.1) is 125 Å². The van der Waals surface area contributed by atoms with E-state index in [2.05, 4.69) is 38.4 Å². The lowest BCUT2D eigenvalue weighted by Crippen LogP contribution is -2.52. The van der Waals surface area contributed by atoms with Crippen LogP contribution in [0.1, 0.15) is 96.8 Å². The molecule has 2 heterocycles. The van der Waals surface area contributed by atoms with Crippen molar-refractivity contribution in [1.29, 1.82) is 0 Å². The van der Waals surface area contributed by atoms with Gasteiger partial charge in [0.15, 0.2) is 46.0 Å². The Morgan fingerprint density at radius 1 is 0.419 bits per heavy atom. The van der Waals surface area contributed by atoms with Gasteiger partial charge in [-0.05, 0) is 83.6 Å². The lowest BCUT2D eigenvalue weighted by Gasteiger charge is -2.46. The fraction of sp³-hybridized carbons (Fsp3) is 0.552. The maximum atomic E-state index is 12.9. The highest BCUT2D eigenvalue weighted by atomic mass is 16.6. The molecule has 0 aliphatic carbocycles. The number of carbonyl (C=O) groups is 2. The summed E-state index contributed by atoms with van der Waals surface area (Å²) >= 11 is 0. The number of methoxy groups -OCH3 is 10. The van der Waals surface area contributed by atoms with Crippen molar-refractivity contribution in [2.75, 3.05) is 125 Å². The molecule has 4 aromatic rings. The third kappa shape index (κ3) is 13.5. The van der Waals surface area contributed by atoms with E-state index in [0.717, 1.165) is 72.0 Å². The topological polar surface area (TPSA) is 145 Å². The largest absolute Gasteiger partial charge is 0.493 e. The van der Waals surface area contributed by atoms with Crippen LogP contribution in [0.15, 0.2) is 48.5 Å². The summed E-state index contributed by atoms with van der Waals surface area (Å²) in [5.74, 6) is 5.96. The fourth-order valence-electron chi connectivity index (χ4n) is 11.1. The van der Waals surface area contributed by atoms with Crippen molar-refractivity contribution in [2.45, 2.75) is 89.1 Å². The predicted molar refractivity (Wildman–Crippen MR) is 282 cm³/mol. The van der Waals surface area contributed by atoms with Crippen LogP contribution in [-0.4, -0.2) is 145 Å². The number of hydrogen-bond acceptors (Lipinski definition) is 14. The Bertz CT molecular complexity index is 2290. The smallest absolute Gasteiger partial charge is 0.305 e. The maximum Gasteiger partial charge on any atom is 0.305 e. The summed E-state index contributed by atoms with van der Waals surface area (Å²) in [5.41, 5.74) is 6.97. The molecule has 2 aliphatic rings. The molecule has 0 spiro atoms. The van der Waals surface area contributed by atoms with Gasteiger partial charge in [0.2, 0.25) is 11.5 Å². The summed E-state index contributed by atoms with van der Waals surface area (Å²) in [6, 6.07) is 16.6. The van der Waals surface area contributed by atoms with E-state index in [-0.39, 0.29) is 24.0 Å². The molecule has 4 aromatic carbocycles. The first-order valence-corrected chi connectivity index (χ1v) is 25.8. The molecule has 2 aliphatic heterocycles. The first kappa shape index (κ1) is 57.0. The number of carbonyl (C=O) groups excluding carboxylic acids is 2. The average Bonchev–Trinajstić information content (AvgIpc) is 3.42. The Balaban J connectivity index is 0.948. The van der Waals surface area contributed by atoms with Crippen LogP contribution >= 0.6 is 0 Å². The van der Waals surface area contributed by atoms with E-state index in [1.54, 1.807) is 71.1 Å². The number of hydrogen-bond donors (Lipinski definition) is 0. The standard InChI is InChI=1S/C58H82N2O14/c1-59(25-21-41-35-47(63-3)49(65-5)37-43(41)45(59)29-39-31-51(67-7)57(71-11)52(32-39)68-8)23-17-27-73-55(61)19-15-13-14-16-20-56(62)74-28-18-24-60(2)26-22-42-36-48(64-4)50(66-6)38-44(42)46(60)30-40-33-53(69-9)58(72-12)54(34-40)70-10/h31-38,45-46H,13-30H2,1-12H3/q+2/t45-,46+,59-,60+. The van der Waals surface area contributed by atoms with Gasteiger partial charge in [0.25, 0.3) is 0 Å². The molecule has 0 saturated heterocycles. The Kier molecular flexibility index (Phi) is 20.7. The molecule has 74 heavy (non-hydrogen) atoms. The number of quaternary nitrogens is 2. The lowest BCUT2D eigenvalue weighted by atomic mass is 9.86. The number of benzene rings is 4. The molecule has 0 bridgehead atoms. The van der Waals surface area contributed by atoms with Gasteiger partial charge in [-0.25, -0.2) is 0 Å². The normalized spacial score (nSPS) is 18.8. The molecule has 4 atom stereocenters. The quantitative estimate of drug-likeness (QED) is 0.0289. The summed E-state index contributed by atoms with van der Waals surface area (Å²) in [6.45, 7) is 4.11. The zero-order chi connectivity index (χ0) is 53.4. The number of ether oxygens (including phenoxy) is 12. The molecule has 0 aromatic heterocycles. The van der Waals surface area contributed by atoms with Crippen LogP contribution in [0, 0.1) is 0 Å². The maximum absolute atomic E-state index is 12.9. The van der Waals surface area contributed by atoms with Gasteiger partial charge in [-0.15, -0.1) is 0 Å². The van der Waals surface area contributed by atoms with E-state index in [9.17, 15) is 9.59 Å². The molecular formula is C58H82N2O14+2. The van der Waals surface area contributed by atoms with Crippen molar-refractivity contribution in [1.82, 2.24) is 0 Å². The van der Waals surface area contributed by atoms with Gasteiger partial charge in [0.1, 0.15) is 12.1 Å². The van der Waals surface area contributed by atoms with Crippen molar-refractivity contribution in [3.63, 3.8) is 0 Å². The van der Waals surface area contributed by atoms with Crippen LogP contribution in [0.25, 0.3) is 0 Å². The molecule has 0 unspecified atom stereocenters. The van der Waals surface area contributed by atoms with Gasteiger partial charge in [-0.3, -0.25) is 9.59 Å². The van der Waals surface area contributed by atoms with Crippen LogP contribution < -0.4 is 47.4 Å². The first-order valence-electron chi connectivity index (χ1n) is 25.8. The number of fused-ring (bicyclic) bond motifs is 2. The SMILES string of the molecule is COc1cc2c(cc1OC)[C@@H](Cc1cc(OC)c(OC)c(OC)c1)[N@+](C)(CCCOC(=O)CCCCCCC(=O)OCCC[N@@+]1(C)CCc3cc(OC)c(OC)cc3[C@@H]1Cc1cc(OC)c(OC)c(OC)c1)CC2. The van der Waals surface area contributed by atoms with Crippen LogP contribution in [0.2, 0.25) is 0 Å². The summed E-state index contributed by atoms with van der Waals surface area (Å²) in [4.78, 5) is 25.8. The highest BCUT2D eigenvalue weighted by Gasteiger charge is 2.42. The molecule has 16 nitrogen and oxygen atoms in total. The zero-order valence-corrected chi connectivity index (χ0v) is 46.1. The van der Waals surface area contributed by atoms with Crippen molar-refractivity contribution >= 4 is 11.9 Å². The Morgan fingerprint density at radius 2 is 0.743 bits per heavy atom.